The van der Waals surface area contributed by atoms with Gasteiger partial charge >= 0.3 is 0 Å². The summed E-state index contributed by atoms with van der Waals surface area (Å²) in [6.45, 7) is 4.20. The van der Waals surface area contributed by atoms with Gasteiger partial charge in [-0.2, -0.15) is 0 Å². The lowest BCUT2D eigenvalue weighted by Gasteiger charge is -2.30. The van der Waals surface area contributed by atoms with Crippen molar-refractivity contribution < 1.29 is 4.74 Å². The van der Waals surface area contributed by atoms with Gasteiger partial charge in [-0.1, -0.05) is 11.6 Å². The SMILES string of the molecule is CN(C)Cc1nc(Cl)ccc1N1CCOCC1. The summed E-state index contributed by atoms with van der Waals surface area (Å²) in [6, 6.07) is 3.91. The number of pyridine rings is 1. The Morgan fingerprint density at radius 2 is 2.06 bits per heavy atom. The molecule has 4 nitrogen and oxygen atoms in total. The highest BCUT2D eigenvalue weighted by Crippen LogP contribution is 2.23. The molecule has 0 unspecified atom stereocenters. The third-order valence-corrected chi connectivity index (χ3v) is 2.94. The van der Waals surface area contributed by atoms with Gasteiger partial charge in [-0.3, -0.25) is 0 Å². The van der Waals surface area contributed by atoms with Gasteiger partial charge in [0.2, 0.25) is 0 Å². The zero-order chi connectivity index (χ0) is 12.3. The van der Waals surface area contributed by atoms with E-state index in [-0.39, 0.29) is 0 Å². The van der Waals surface area contributed by atoms with E-state index in [1.165, 1.54) is 5.69 Å². The summed E-state index contributed by atoms with van der Waals surface area (Å²) in [5, 5.41) is 0.554. The highest BCUT2D eigenvalue weighted by Gasteiger charge is 2.16. The average Bonchev–Trinajstić information content (AvgIpc) is 2.29. The lowest BCUT2D eigenvalue weighted by molar-refractivity contribution is 0.122. The minimum atomic E-state index is 0.554. The minimum Gasteiger partial charge on any atom is -0.378 e. The van der Waals surface area contributed by atoms with Gasteiger partial charge in [-0.05, 0) is 26.2 Å². The molecular weight excluding hydrogens is 238 g/mol. The molecule has 0 aliphatic carbocycles. The molecule has 1 fully saturated rings. The van der Waals surface area contributed by atoms with Gasteiger partial charge < -0.3 is 14.5 Å². The van der Waals surface area contributed by atoms with E-state index in [1.807, 2.05) is 20.2 Å². The van der Waals surface area contributed by atoms with Gasteiger partial charge in [0.1, 0.15) is 5.15 Å². The maximum Gasteiger partial charge on any atom is 0.129 e. The van der Waals surface area contributed by atoms with Gasteiger partial charge in [0.05, 0.1) is 24.6 Å². The molecule has 5 heteroatoms. The van der Waals surface area contributed by atoms with Crippen LogP contribution in [0.2, 0.25) is 5.15 Å². The number of rotatable bonds is 3. The second-order valence-electron chi connectivity index (χ2n) is 4.44. The maximum absolute atomic E-state index is 5.97. The first-order valence-corrected chi connectivity index (χ1v) is 6.17. The van der Waals surface area contributed by atoms with Crippen molar-refractivity contribution >= 4 is 17.3 Å². The van der Waals surface area contributed by atoms with Gasteiger partial charge in [-0.15, -0.1) is 0 Å². The van der Waals surface area contributed by atoms with Crippen LogP contribution in [0.5, 0.6) is 0 Å². The molecule has 94 valence electrons. The third kappa shape index (κ3) is 3.31. The molecule has 1 aromatic rings. The van der Waals surface area contributed by atoms with Gasteiger partial charge in [0.25, 0.3) is 0 Å². The first-order valence-electron chi connectivity index (χ1n) is 5.79. The Morgan fingerprint density at radius 1 is 1.35 bits per heavy atom. The summed E-state index contributed by atoms with van der Waals surface area (Å²) >= 11 is 5.97. The lowest BCUT2D eigenvalue weighted by atomic mass is 10.2. The molecule has 0 atom stereocenters. The molecule has 0 amide bonds. The molecule has 0 radical (unpaired) electrons. The number of nitrogens with zero attached hydrogens (tertiary/aromatic N) is 3. The summed E-state index contributed by atoms with van der Waals surface area (Å²) in [5.41, 5.74) is 2.20. The summed E-state index contributed by atoms with van der Waals surface area (Å²) in [6.07, 6.45) is 0. The monoisotopic (exact) mass is 255 g/mol. The van der Waals surface area contributed by atoms with Crippen LogP contribution in [0.15, 0.2) is 12.1 Å². The van der Waals surface area contributed by atoms with Crippen LogP contribution < -0.4 is 4.90 Å². The minimum absolute atomic E-state index is 0.554. The maximum atomic E-state index is 5.97. The van der Waals surface area contributed by atoms with Crippen LogP contribution in [0.1, 0.15) is 5.69 Å². The highest BCUT2D eigenvalue weighted by molar-refractivity contribution is 6.29. The van der Waals surface area contributed by atoms with Crippen molar-refractivity contribution in [3.8, 4) is 0 Å². The Bertz CT molecular complexity index is 378. The number of hydrogen-bond donors (Lipinski definition) is 0. The Balaban J connectivity index is 2.24. The normalized spacial score (nSPS) is 16.6. The topological polar surface area (TPSA) is 28.6 Å². The Kier molecular flexibility index (Phi) is 4.20. The van der Waals surface area contributed by atoms with Crippen molar-refractivity contribution in [3.63, 3.8) is 0 Å². The summed E-state index contributed by atoms with van der Waals surface area (Å²) in [7, 11) is 4.07. The molecule has 0 aromatic carbocycles. The van der Waals surface area contributed by atoms with Crippen molar-refractivity contribution in [2.24, 2.45) is 0 Å². The zero-order valence-electron chi connectivity index (χ0n) is 10.3. The molecule has 0 N–H and O–H groups in total. The first-order chi connectivity index (χ1) is 8.16. The van der Waals surface area contributed by atoms with Crippen molar-refractivity contribution in [1.29, 1.82) is 0 Å². The number of halogens is 1. The molecular formula is C12H18ClN3O. The second kappa shape index (κ2) is 5.67. The molecule has 1 aliphatic rings. The van der Waals surface area contributed by atoms with Crippen LogP contribution in [0.4, 0.5) is 5.69 Å². The van der Waals surface area contributed by atoms with Gasteiger partial charge in [0.15, 0.2) is 0 Å². The van der Waals surface area contributed by atoms with E-state index in [0.29, 0.717) is 5.15 Å². The van der Waals surface area contributed by atoms with Crippen LogP contribution in [-0.4, -0.2) is 50.3 Å². The summed E-state index contributed by atoms with van der Waals surface area (Å²) in [4.78, 5) is 8.84. The number of anilines is 1. The van der Waals surface area contributed by atoms with Crippen molar-refractivity contribution in [2.45, 2.75) is 6.54 Å². The molecule has 1 aromatic heterocycles. The van der Waals surface area contributed by atoms with E-state index >= 15 is 0 Å². The number of morpholine rings is 1. The standard InChI is InChI=1S/C12H18ClN3O/c1-15(2)9-10-11(3-4-12(13)14-10)16-5-7-17-8-6-16/h3-4H,5-9H2,1-2H3. The van der Waals surface area contributed by atoms with Crippen LogP contribution in [-0.2, 0) is 11.3 Å². The van der Waals surface area contributed by atoms with Crippen LogP contribution >= 0.6 is 11.6 Å². The van der Waals surface area contributed by atoms with Crippen LogP contribution in [0, 0.1) is 0 Å². The predicted octanol–water partition coefficient (Wildman–Crippen LogP) is 1.63. The van der Waals surface area contributed by atoms with E-state index in [1.54, 1.807) is 0 Å². The summed E-state index contributed by atoms with van der Waals surface area (Å²) < 4.78 is 5.37. The van der Waals surface area contributed by atoms with Crippen LogP contribution in [0.3, 0.4) is 0 Å². The van der Waals surface area contributed by atoms with Gasteiger partial charge in [0, 0.05) is 19.6 Å². The molecule has 2 heterocycles. The molecule has 2 rings (SSSR count). The highest BCUT2D eigenvalue weighted by atomic mass is 35.5. The molecule has 0 saturated carbocycles. The fraction of sp³-hybridized carbons (Fsp3) is 0.583. The Labute approximate surface area is 107 Å². The van der Waals surface area contributed by atoms with Crippen LogP contribution in [0.25, 0.3) is 0 Å². The van der Waals surface area contributed by atoms with E-state index in [2.05, 4.69) is 20.9 Å². The molecule has 17 heavy (non-hydrogen) atoms. The van der Waals surface area contributed by atoms with E-state index < -0.39 is 0 Å². The molecule has 1 saturated heterocycles. The molecule has 0 bridgehead atoms. The van der Waals surface area contributed by atoms with Crippen molar-refractivity contribution in [3.05, 3.63) is 23.0 Å². The predicted molar refractivity (Wildman–Crippen MR) is 69.7 cm³/mol. The molecule has 0 spiro atoms. The summed E-state index contributed by atoms with van der Waals surface area (Å²) in [5.74, 6) is 0. The fourth-order valence-corrected chi connectivity index (χ4v) is 2.14. The Hall–Kier alpha value is -0.840. The molecule has 1 aliphatic heterocycles. The number of hydrogen-bond acceptors (Lipinski definition) is 4. The van der Waals surface area contributed by atoms with E-state index in [9.17, 15) is 0 Å². The number of aromatic nitrogens is 1. The largest absolute Gasteiger partial charge is 0.378 e. The zero-order valence-corrected chi connectivity index (χ0v) is 11.1. The van der Waals surface area contributed by atoms with E-state index in [0.717, 1.165) is 38.5 Å². The Morgan fingerprint density at radius 3 is 2.71 bits per heavy atom. The van der Waals surface area contributed by atoms with Gasteiger partial charge in [-0.25, -0.2) is 4.98 Å². The average molecular weight is 256 g/mol. The third-order valence-electron chi connectivity index (χ3n) is 2.73. The van der Waals surface area contributed by atoms with Crippen molar-refractivity contribution in [1.82, 2.24) is 9.88 Å². The number of ether oxygens (including phenoxy) is 1. The van der Waals surface area contributed by atoms with Crippen molar-refractivity contribution in [2.75, 3.05) is 45.3 Å². The lowest BCUT2D eigenvalue weighted by Crippen LogP contribution is -2.37. The quantitative estimate of drug-likeness (QED) is 0.768. The fourth-order valence-electron chi connectivity index (χ4n) is 1.98. The van der Waals surface area contributed by atoms with E-state index in [4.69, 9.17) is 16.3 Å². The first kappa shape index (κ1) is 12.6. The smallest absolute Gasteiger partial charge is 0.129 e. The second-order valence-corrected chi connectivity index (χ2v) is 4.82.